The van der Waals surface area contributed by atoms with Gasteiger partial charge in [0.15, 0.2) is 18.1 Å². The lowest BCUT2D eigenvalue weighted by Gasteiger charge is -2.14. The summed E-state index contributed by atoms with van der Waals surface area (Å²) in [5.41, 5.74) is 3.28. The molecule has 2 aromatic rings. The molecule has 3 N–H and O–H groups in total. The molecule has 0 unspecified atom stereocenters. The number of para-hydroxylation sites is 1. The number of anilines is 1. The molecular formula is C25H31ClN4O6. The van der Waals surface area contributed by atoms with Gasteiger partial charge in [0.25, 0.3) is 5.91 Å². The summed E-state index contributed by atoms with van der Waals surface area (Å²) in [6, 6.07) is 12.1. The van der Waals surface area contributed by atoms with Gasteiger partial charge in [-0.2, -0.15) is 5.10 Å². The standard InChI is InChI=1S/C25H31ClN4O6/c1-4-34-21-14-18(15-28-30-25(33)24(32)27-11-8-12-35-17(2)3)13-20(26)23(21)36-16-22(31)29-19-9-6-5-7-10-19/h5-7,9-10,13-15,17H,4,8,11-12,16H2,1-3H3,(H,27,32)(H,29,31)(H,30,33)/b28-15-. The average molecular weight is 519 g/mol. The molecular weight excluding hydrogens is 488 g/mol. The van der Waals surface area contributed by atoms with Crippen molar-refractivity contribution >= 4 is 41.2 Å². The Kier molecular flexibility index (Phi) is 12.2. The number of carbonyl (C=O) groups excluding carboxylic acids is 3. The fourth-order valence-corrected chi connectivity index (χ4v) is 3.09. The van der Waals surface area contributed by atoms with Gasteiger partial charge in [0.05, 0.1) is 23.9 Å². The van der Waals surface area contributed by atoms with E-state index in [-0.39, 0.29) is 29.4 Å². The van der Waals surface area contributed by atoms with Crippen molar-refractivity contribution in [2.75, 3.05) is 31.7 Å². The van der Waals surface area contributed by atoms with Gasteiger partial charge in [-0.1, -0.05) is 29.8 Å². The van der Waals surface area contributed by atoms with Crippen molar-refractivity contribution < 1.29 is 28.6 Å². The third-order valence-corrected chi connectivity index (χ3v) is 4.66. The molecule has 0 aromatic heterocycles. The van der Waals surface area contributed by atoms with E-state index < -0.39 is 11.8 Å². The van der Waals surface area contributed by atoms with Crippen LogP contribution in [0.4, 0.5) is 5.69 Å². The highest BCUT2D eigenvalue weighted by atomic mass is 35.5. The highest BCUT2D eigenvalue weighted by Crippen LogP contribution is 2.36. The molecule has 0 aliphatic heterocycles. The molecule has 0 bridgehead atoms. The van der Waals surface area contributed by atoms with Gasteiger partial charge < -0.3 is 24.8 Å². The van der Waals surface area contributed by atoms with Crippen LogP contribution in [-0.4, -0.2) is 56.4 Å². The number of amides is 3. The maximum Gasteiger partial charge on any atom is 0.329 e. The predicted octanol–water partition coefficient (Wildman–Crippen LogP) is 3.14. The Morgan fingerprint density at radius 3 is 2.53 bits per heavy atom. The van der Waals surface area contributed by atoms with Gasteiger partial charge >= 0.3 is 11.8 Å². The molecule has 11 heteroatoms. The summed E-state index contributed by atoms with van der Waals surface area (Å²) >= 11 is 6.35. The average Bonchev–Trinajstić information content (AvgIpc) is 2.83. The van der Waals surface area contributed by atoms with E-state index in [1.807, 2.05) is 19.9 Å². The second kappa shape index (κ2) is 15.4. The van der Waals surface area contributed by atoms with Crippen molar-refractivity contribution in [1.29, 1.82) is 0 Å². The van der Waals surface area contributed by atoms with Crippen LogP contribution >= 0.6 is 11.6 Å². The van der Waals surface area contributed by atoms with Gasteiger partial charge in [0, 0.05) is 18.8 Å². The van der Waals surface area contributed by atoms with Crippen LogP contribution in [0, 0.1) is 0 Å². The normalized spacial score (nSPS) is 10.8. The summed E-state index contributed by atoms with van der Waals surface area (Å²) in [4.78, 5) is 35.9. The van der Waals surface area contributed by atoms with Gasteiger partial charge in [-0.3, -0.25) is 14.4 Å². The Balaban J connectivity index is 1.91. The third-order valence-electron chi connectivity index (χ3n) is 4.38. The Labute approximate surface area is 215 Å². The van der Waals surface area contributed by atoms with E-state index in [0.717, 1.165) is 0 Å². The third kappa shape index (κ3) is 10.3. The first-order chi connectivity index (χ1) is 17.3. The molecule has 0 radical (unpaired) electrons. The maximum absolute atomic E-state index is 12.2. The van der Waals surface area contributed by atoms with E-state index in [1.165, 1.54) is 12.3 Å². The zero-order valence-electron chi connectivity index (χ0n) is 20.5. The molecule has 0 heterocycles. The lowest BCUT2D eigenvalue weighted by atomic mass is 10.2. The molecule has 10 nitrogen and oxygen atoms in total. The van der Waals surface area contributed by atoms with E-state index >= 15 is 0 Å². The van der Waals surface area contributed by atoms with Gasteiger partial charge in [-0.25, -0.2) is 5.43 Å². The first kappa shape index (κ1) is 28.6. The highest BCUT2D eigenvalue weighted by molar-refractivity contribution is 6.35. The summed E-state index contributed by atoms with van der Waals surface area (Å²) < 4.78 is 16.6. The molecule has 0 aliphatic rings. The fourth-order valence-electron chi connectivity index (χ4n) is 2.81. The smallest absolute Gasteiger partial charge is 0.329 e. The van der Waals surface area contributed by atoms with Crippen molar-refractivity contribution in [3.05, 3.63) is 53.1 Å². The van der Waals surface area contributed by atoms with E-state index in [9.17, 15) is 14.4 Å². The molecule has 0 atom stereocenters. The number of nitrogens with one attached hydrogen (secondary N) is 3. The van der Waals surface area contributed by atoms with Crippen LogP contribution in [0.15, 0.2) is 47.6 Å². The van der Waals surface area contributed by atoms with Crippen LogP contribution in [0.25, 0.3) is 0 Å². The first-order valence-corrected chi connectivity index (χ1v) is 11.8. The van der Waals surface area contributed by atoms with Gasteiger partial charge in [-0.05, 0) is 57.0 Å². The van der Waals surface area contributed by atoms with Crippen molar-refractivity contribution in [3.63, 3.8) is 0 Å². The van der Waals surface area contributed by atoms with Crippen LogP contribution in [0.1, 0.15) is 32.8 Å². The minimum atomic E-state index is -0.906. The Morgan fingerprint density at radius 1 is 1.08 bits per heavy atom. The minimum Gasteiger partial charge on any atom is -0.490 e. The van der Waals surface area contributed by atoms with Crippen molar-refractivity contribution in [2.24, 2.45) is 5.10 Å². The molecule has 0 saturated carbocycles. The highest BCUT2D eigenvalue weighted by Gasteiger charge is 2.15. The molecule has 0 spiro atoms. The number of hydrogen-bond donors (Lipinski definition) is 3. The number of ether oxygens (including phenoxy) is 3. The topological polar surface area (TPSA) is 127 Å². The molecule has 0 aliphatic carbocycles. The summed E-state index contributed by atoms with van der Waals surface area (Å²) in [5, 5.41) is 9.18. The SMILES string of the molecule is CCOc1cc(/C=N\NC(=O)C(=O)NCCCOC(C)C)cc(Cl)c1OCC(=O)Nc1ccccc1. The van der Waals surface area contributed by atoms with Gasteiger partial charge in [0.1, 0.15) is 0 Å². The summed E-state index contributed by atoms with van der Waals surface area (Å²) in [7, 11) is 0. The number of rotatable bonds is 13. The molecule has 0 saturated heterocycles. The molecule has 3 amide bonds. The lowest BCUT2D eigenvalue weighted by molar-refractivity contribution is -0.139. The van der Waals surface area contributed by atoms with Crippen molar-refractivity contribution in [2.45, 2.75) is 33.3 Å². The number of benzene rings is 2. The van der Waals surface area contributed by atoms with Crippen molar-refractivity contribution in [3.8, 4) is 11.5 Å². The molecule has 2 aromatic carbocycles. The molecule has 194 valence electrons. The monoisotopic (exact) mass is 518 g/mol. The largest absolute Gasteiger partial charge is 0.490 e. The second-order valence-electron chi connectivity index (χ2n) is 7.69. The zero-order valence-corrected chi connectivity index (χ0v) is 21.3. The van der Waals surface area contributed by atoms with E-state index in [2.05, 4.69) is 21.2 Å². The van der Waals surface area contributed by atoms with E-state index in [1.54, 1.807) is 37.3 Å². The van der Waals surface area contributed by atoms with Crippen LogP contribution in [0.5, 0.6) is 11.5 Å². The van der Waals surface area contributed by atoms with Gasteiger partial charge in [-0.15, -0.1) is 0 Å². The Bertz CT molecular complexity index is 1050. The summed E-state index contributed by atoms with van der Waals surface area (Å²) in [6.45, 7) is 6.45. The number of hydrogen-bond acceptors (Lipinski definition) is 7. The number of halogens is 1. The molecule has 2 rings (SSSR count). The van der Waals surface area contributed by atoms with Crippen LogP contribution < -0.4 is 25.5 Å². The quantitative estimate of drug-likeness (QED) is 0.162. The van der Waals surface area contributed by atoms with E-state index in [0.29, 0.717) is 43.2 Å². The minimum absolute atomic E-state index is 0.106. The summed E-state index contributed by atoms with van der Waals surface area (Å²) in [6.07, 6.45) is 2.00. The first-order valence-electron chi connectivity index (χ1n) is 11.5. The van der Waals surface area contributed by atoms with Crippen LogP contribution in [0.3, 0.4) is 0 Å². The van der Waals surface area contributed by atoms with Gasteiger partial charge in [0.2, 0.25) is 0 Å². The van der Waals surface area contributed by atoms with Crippen molar-refractivity contribution in [1.82, 2.24) is 10.7 Å². The zero-order chi connectivity index (χ0) is 26.3. The van der Waals surface area contributed by atoms with Crippen LogP contribution in [-0.2, 0) is 19.1 Å². The Morgan fingerprint density at radius 2 is 1.83 bits per heavy atom. The van der Waals surface area contributed by atoms with E-state index in [4.69, 9.17) is 25.8 Å². The van der Waals surface area contributed by atoms with Crippen LogP contribution in [0.2, 0.25) is 5.02 Å². The number of nitrogens with zero attached hydrogens (tertiary/aromatic N) is 1. The number of hydrazone groups is 1. The Hall–Kier alpha value is -3.63. The fraction of sp³-hybridized carbons (Fsp3) is 0.360. The maximum atomic E-state index is 12.2. The molecule has 0 fully saturated rings. The summed E-state index contributed by atoms with van der Waals surface area (Å²) in [5.74, 6) is -1.58. The predicted molar refractivity (Wildman–Crippen MR) is 138 cm³/mol. The number of carbonyl (C=O) groups is 3. The molecule has 36 heavy (non-hydrogen) atoms. The lowest BCUT2D eigenvalue weighted by Crippen LogP contribution is -2.38. The second-order valence-corrected chi connectivity index (χ2v) is 8.10.